The smallest absolute Gasteiger partial charge is 0.126 e. The molecule has 0 fully saturated rings. The van der Waals surface area contributed by atoms with Crippen LogP contribution >= 0.6 is 11.3 Å². The maximum absolute atomic E-state index is 13.3. The molecule has 0 unspecified atom stereocenters. The van der Waals surface area contributed by atoms with E-state index in [1.165, 1.54) is 4.88 Å². The van der Waals surface area contributed by atoms with Crippen molar-refractivity contribution in [3.63, 3.8) is 0 Å². The van der Waals surface area contributed by atoms with Gasteiger partial charge in [-0.3, -0.25) is 0 Å². The molecule has 2 aromatic rings. The number of benzene rings is 1. The van der Waals surface area contributed by atoms with Crippen molar-refractivity contribution in [1.29, 1.82) is 0 Å². The Balaban J connectivity index is 2.53. The first-order chi connectivity index (χ1) is 6.68. The second kappa shape index (κ2) is 3.54. The van der Waals surface area contributed by atoms with Crippen LogP contribution in [0.5, 0.6) is 0 Å². The van der Waals surface area contributed by atoms with Crippen molar-refractivity contribution in [2.24, 2.45) is 0 Å². The van der Waals surface area contributed by atoms with Gasteiger partial charge in [-0.05, 0) is 48.1 Å². The zero-order valence-electron chi connectivity index (χ0n) is 8.17. The van der Waals surface area contributed by atoms with Crippen LogP contribution in [0, 0.1) is 19.7 Å². The minimum absolute atomic E-state index is 0.131. The van der Waals surface area contributed by atoms with E-state index in [0.29, 0.717) is 5.56 Å². The number of hydrogen-bond acceptors (Lipinski definition) is 1. The van der Waals surface area contributed by atoms with Gasteiger partial charge in [0.25, 0.3) is 0 Å². The molecule has 0 aliphatic rings. The summed E-state index contributed by atoms with van der Waals surface area (Å²) in [5.74, 6) is -0.131. The predicted octanol–water partition coefficient (Wildman–Crippen LogP) is 4.17. The third-order valence-corrected chi connectivity index (χ3v) is 3.19. The van der Waals surface area contributed by atoms with Gasteiger partial charge in [0.15, 0.2) is 0 Å². The Morgan fingerprint density at radius 1 is 1.14 bits per heavy atom. The molecule has 0 atom stereocenters. The standard InChI is InChI=1S/C12H11FS/c1-8-3-4-10(7-12(8)13)11-5-6-14-9(11)2/h3-7H,1-2H3. The van der Waals surface area contributed by atoms with Crippen LogP contribution in [-0.2, 0) is 0 Å². The summed E-state index contributed by atoms with van der Waals surface area (Å²) in [6.07, 6.45) is 0. The van der Waals surface area contributed by atoms with Gasteiger partial charge in [0.05, 0.1) is 0 Å². The van der Waals surface area contributed by atoms with Crippen molar-refractivity contribution in [1.82, 2.24) is 0 Å². The van der Waals surface area contributed by atoms with E-state index in [1.807, 2.05) is 23.6 Å². The topological polar surface area (TPSA) is 0 Å². The van der Waals surface area contributed by atoms with Gasteiger partial charge < -0.3 is 0 Å². The van der Waals surface area contributed by atoms with Crippen LogP contribution in [0.4, 0.5) is 4.39 Å². The highest BCUT2D eigenvalue weighted by Crippen LogP contribution is 2.28. The molecule has 1 aromatic heterocycles. The first-order valence-corrected chi connectivity index (χ1v) is 5.37. The molecule has 0 radical (unpaired) electrons. The van der Waals surface area contributed by atoms with E-state index in [-0.39, 0.29) is 5.82 Å². The minimum atomic E-state index is -0.131. The number of halogens is 1. The average molecular weight is 206 g/mol. The highest BCUT2D eigenvalue weighted by Gasteiger charge is 2.05. The molecule has 0 amide bonds. The molecule has 2 heteroatoms. The number of thiophene rings is 1. The normalized spacial score (nSPS) is 10.5. The average Bonchev–Trinajstić information content (AvgIpc) is 2.57. The molecule has 1 aromatic carbocycles. The highest BCUT2D eigenvalue weighted by molar-refractivity contribution is 7.10. The van der Waals surface area contributed by atoms with E-state index in [2.05, 4.69) is 6.92 Å². The molecule has 0 aliphatic carbocycles. The van der Waals surface area contributed by atoms with Crippen LogP contribution in [0.2, 0.25) is 0 Å². The van der Waals surface area contributed by atoms with Gasteiger partial charge in [-0.2, -0.15) is 0 Å². The second-order valence-electron chi connectivity index (χ2n) is 3.35. The maximum atomic E-state index is 13.3. The Hall–Kier alpha value is -1.15. The van der Waals surface area contributed by atoms with E-state index in [1.54, 1.807) is 24.3 Å². The lowest BCUT2D eigenvalue weighted by molar-refractivity contribution is 0.619. The van der Waals surface area contributed by atoms with Crippen LogP contribution in [0.3, 0.4) is 0 Å². The molecule has 0 nitrogen and oxygen atoms in total. The summed E-state index contributed by atoms with van der Waals surface area (Å²) in [5.41, 5.74) is 2.79. The van der Waals surface area contributed by atoms with Gasteiger partial charge >= 0.3 is 0 Å². The van der Waals surface area contributed by atoms with Gasteiger partial charge in [0.1, 0.15) is 5.82 Å². The Morgan fingerprint density at radius 2 is 1.93 bits per heavy atom. The van der Waals surface area contributed by atoms with Crippen molar-refractivity contribution < 1.29 is 4.39 Å². The summed E-state index contributed by atoms with van der Waals surface area (Å²) < 4.78 is 13.3. The Labute approximate surface area is 87.0 Å². The summed E-state index contributed by atoms with van der Waals surface area (Å²) in [4.78, 5) is 1.23. The van der Waals surface area contributed by atoms with E-state index < -0.39 is 0 Å². The van der Waals surface area contributed by atoms with Crippen molar-refractivity contribution >= 4 is 11.3 Å². The van der Waals surface area contributed by atoms with Crippen molar-refractivity contribution in [3.05, 3.63) is 45.9 Å². The molecular formula is C12H11FS. The van der Waals surface area contributed by atoms with E-state index in [9.17, 15) is 4.39 Å². The molecule has 0 spiro atoms. The lowest BCUT2D eigenvalue weighted by atomic mass is 10.1. The largest absolute Gasteiger partial charge is 0.207 e. The van der Waals surface area contributed by atoms with Gasteiger partial charge in [0, 0.05) is 4.88 Å². The maximum Gasteiger partial charge on any atom is 0.126 e. The molecule has 0 saturated carbocycles. The van der Waals surface area contributed by atoms with Gasteiger partial charge in [-0.25, -0.2) is 4.39 Å². The third-order valence-electron chi connectivity index (χ3n) is 2.34. The van der Waals surface area contributed by atoms with E-state index in [0.717, 1.165) is 11.1 Å². The zero-order valence-corrected chi connectivity index (χ0v) is 8.99. The van der Waals surface area contributed by atoms with Crippen molar-refractivity contribution in [2.75, 3.05) is 0 Å². The van der Waals surface area contributed by atoms with Crippen molar-refractivity contribution in [3.8, 4) is 11.1 Å². The lowest BCUT2D eigenvalue weighted by Gasteiger charge is -2.02. The van der Waals surface area contributed by atoms with Crippen molar-refractivity contribution in [2.45, 2.75) is 13.8 Å². The van der Waals surface area contributed by atoms with Crippen LogP contribution in [-0.4, -0.2) is 0 Å². The Kier molecular flexibility index (Phi) is 2.38. The first-order valence-electron chi connectivity index (χ1n) is 4.49. The Bertz CT molecular complexity index is 457. The number of aryl methyl sites for hydroxylation is 2. The number of rotatable bonds is 1. The highest BCUT2D eigenvalue weighted by atomic mass is 32.1. The minimum Gasteiger partial charge on any atom is -0.207 e. The summed E-state index contributed by atoms with van der Waals surface area (Å²) >= 11 is 1.69. The fourth-order valence-electron chi connectivity index (χ4n) is 1.44. The van der Waals surface area contributed by atoms with Crippen LogP contribution in [0.1, 0.15) is 10.4 Å². The summed E-state index contributed by atoms with van der Waals surface area (Å²) in [5, 5.41) is 2.03. The van der Waals surface area contributed by atoms with Crippen LogP contribution in [0.25, 0.3) is 11.1 Å². The lowest BCUT2D eigenvalue weighted by Crippen LogP contribution is -1.83. The SMILES string of the molecule is Cc1ccc(-c2ccsc2C)cc1F. The van der Waals surface area contributed by atoms with Crippen LogP contribution < -0.4 is 0 Å². The molecule has 14 heavy (non-hydrogen) atoms. The van der Waals surface area contributed by atoms with Gasteiger partial charge in [-0.1, -0.05) is 12.1 Å². The second-order valence-corrected chi connectivity index (χ2v) is 4.47. The Morgan fingerprint density at radius 3 is 2.50 bits per heavy atom. The molecule has 1 heterocycles. The number of hydrogen-bond donors (Lipinski definition) is 0. The summed E-state index contributed by atoms with van der Waals surface area (Å²) in [6, 6.07) is 7.42. The molecule has 0 N–H and O–H groups in total. The molecule has 72 valence electrons. The third kappa shape index (κ3) is 1.58. The molecule has 0 saturated heterocycles. The fourth-order valence-corrected chi connectivity index (χ4v) is 2.17. The van der Waals surface area contributed by atoms with E-state index >= 15 is 0 Å². The first kappa shape index (κ1) is 9.41. The zero-order chi connectivity index (χ0) is 10.1. The quantitative estimate of drug-likeness (QED) is 0.657. The molecule has 2 rings (SSSR count). The molecular weight excluding hydrogens is 195 g/mol. The molecule has 0 bridgehead atoms. The van der Waals surface area contributed by atoms with Gasteiger partial charge in [0.2, 0.25) is 0 Å². The predicted molar refractivity (Wildman–Crippen MR) is 59.2 cm³/mol. The van der Waals surface area contributed by atoms with Crippen LogP contribution in [0.15, 0.2) is 29.6 Å². The summed E-state index contributed by atoms with van der Waals surface area (Å²) in [7, 11) is 0. The van der Waals surface area contributed by atoms with E-state index in [4.69, 9.17) is 0 Å². The summed E-state index contributed by atoms with van der Waals surface area (Å²) in [6.45, 7) is 3.83. The fraction of sp³-hybridized carbons (Fsp3) is 0.167. The van der Waals surface area contributed by atoms with Gasteiger partial charge in [-0.15, -0.1) is 11.3 Å². The monoisotopic (exact) mass is 206 g/mol. The molecule has 0 aliphatic heterocycles.